The van der Waals surface area contributed by atoms with Gasteiger partial charge in [-0.05, 0) is 48.5 Å². The highest BCUT2D eigenvalue weighted by Crippen LogP contribution is 2.16. The Balaban J connectivity index is 1.17. The van der Waals surface area contributed by atoms with Crippen LogP contribution in [-0.4, -0.2) is 103 Å². The lowest BCUT2D eigenvalue weighted by atomic mass is 10.1. The van der Waals surface area contributed by atoms with Crippen LogP contribution in [0.25, 0.3) is 0 Å². The molecule has 2 aliphatic heterocycles. The standard InChI is InChI=1S/C25H31ClFN3O4/c26-20-3-7-23(8-4-20)34-18-22(31)15-29-13-14-33-24(17-29)16-28-9-11-30(12-10-28)25(32)19-1-5-21(27)6-2-19/h1-8,22,24,31H,9-18H2. The number of carbonyl (C=O) groups is 1. The predicted octanol–water partition coefficient (Wildman–Crippen LogP) is 2.38. The minimum Gasteiger partial charge on any atom is -0.491 e. The van der Waals surface area contributed by atoms with Gasteiger partial charge in [-0.25, -0.2) is 4.39 Å². The topological polar surface area (TPSA) is 65.5 Å². The van der Waals surface area contributed by atoms with Gasteiger partial charge in [0.05, 0.1) is 12.7 Å². The summed E-state index contributed by atoms with van der Waals surface area (Å²) in [6.45, 7) is 6.46. The number of benzene rings is 2. The van der Waals surface area contributed by atoms with Crippen molar-refractivity contribution in [1.82, 2.24) is 14.7 Å². The molecular weight excluding hydrogens is 461 g/mol. The van der Waals surface area contributed by atoms with E-state index in [1.807, 2.05) is 4.90 Å². The fourth-order valence-electron chi connectivity index (χ4n) is 4.33. The van der Waals surface area contributed by atoms with Gasteiger partial charge in [-0.1, -0.05) is 11.6 Å². The van der Waals surface area contributed by atoms with Crippen molar-refractivity contribution in [2.24, 2.45) is 0 Å². The Kier molecular flexibility index (Phi) is 8.74. The van der Waals surface area contributed by atoms with Gasteiger partial charge < -0.3 is 19.5 Å². The monoisotopic (exact) mass is 491 g/mol. The van der Waals surface area contributed by atoms with Gasteiger partial charge in [0.15, 0.2) is 0 Å². The molecule has 2 atom stereocenters. The van der Waals surface area contributed by atoms with Gasteiger partial charge in [0, 0.05) is 62.9 Å². The van der Waals surface area contributed by atoms with E-state index in [0.717, 1.165) is 32.7 Å². The van der Waals surface area contributed by atoms with Crippen LogP contribution in [0.4, 0.5) is 4.39 Å². The summed E-state index contributed by atoms with van der Waals surface area (Å²) < 4.78 is 24.7. The molecule has 4 rings (SSSR count). The van der Waals surface area contributed by atoms with Crippen molar-refractivity contribution in [2.45, 2.75) is 12.2 Å². The molecule has 2 aromatic carbocycles. The highest BCUT2D eigenvalue weighted by Gasteiger charge is 2.27. The van der Waals surface area contributed by atoms with Crippen LogP contribution in [0.2, 0.25) is 5.02 Å². The molecule has 0 aromatic heterocycles. The van der Waals surface area contributed by atoms with Crippen LogP contribution in [-0.2, 0) is 4.74 Å². The van der Waals surface area contributed by atoms with Crippen LogP contribution in [0.5, 0.6) is 5.75 Å². The van der Waals surface area contributed by atoms with Crippen molar-refractivity contribution in [1.29, 1.82) is 0 Å². The number of aliphatic hydroxyl groups excluding tert-OH is 1. The lowest BCUT2D eigenvalue weighted by Crippen LogP contribution is -2.54. The van der Waals surface area contributed by atoms with Crippen LogP contribution < -0.4 is 4.74 Å². The molecule has 7 nitrogen and oxygen atoms in total. The van der Waals surface area contributed by atoms with E-state index in [4.69, 9.17) is 21.1 Å². The molecule has 0 radical (unpaired) electrons. The Bertz CT molecular complexity index is 923. The van der Waals surface area contributed by atoms with Gasteiger partial charge in [-0.3, -0.25) is 14.6 Å². The number of hydrogen-bond donors (Lipinski definition) is 1. The second-order valence-corrected chi connectivity index (χ2v) is 9.21. The molecule has 1 N–H and O–H groups in total. The third-order valence-corrected chi connectivity index (χ3v) is 6.41. The van der Waals surface area contributed by atoms with E-state index in [2.05, 4.69) is 9.80 Å². The number of piperazine rings is 1. The number of amides is 1. The first-order chi connectivity index (χ1) is 16.5. The van der Waals surface area contributed by atoms with E-state index >= 15 is 0 Å². The molecule has 0 aliphatic carbocycles. The van der Waals surface area contributed by atoms with Crippen LogP contribution in [0, 0.1) is 5.82 Å². The molecule has 34 heavy (non-hydrogen) atoms. The fourth-order valence-corrected chi connectivity index (χ4v) is 4.45. The zero-order valence-corrected chi connectivity index (χ0v) is 19.9. The normalized spacial score (nSPS) is 20.8. The summed E-state index contributed by atoms with van der Waals surface area (Å²) in [5, 5.41) is 11.1. The van der Waals surface area contributed by atoms with Gasteiger partial charge in [0.1, 0.15) is 24.3 Å². The first kappa shape index (κ1) is 24.9. The molecule has 9 heteroatoms. The number of β-amino-alcohol motifs (C(OH)–C–C–N with tert-alkyl or cyclic N) is 1. The number of nitrogens with zero attached hydrogens (tertiary/aromatic N) is 3. The molecule has 184 valence electrons. The van der Waals surface area contributed by atoms with Crippen molar-refractivity contribution in [2.75, 3.05) is 65.6 Å². The quantitative estimate of drug-likeness (QED) is 0.611. The molecular formula is C25H31ClFN3O4. The number of halogens is 2. The Morgan fingerprint density at radius 2 is 1.76 bits per heavy atom. The molecule has 1 amide bonds. The number of hydrogen-bond acceptors (Lipinski definition) is 6. The van der Waals surface area contributed by atoms with E-state index < -0.39 is 6.10 Å². The number of aliphatic hydroxyl groups is 1. The van der Waals surface area contributed by atoms with E-state index in [1.54, 1.807) is 24.3 Å². The predicted molar refractivity (Wildman–Crippen MR) is 128 cm³/mol. The fraction of sp³-hybridized carbons (Fsp3) is 0.480. The Hall–Kier alpha value is -2.23. The summed E-state index contributed by atoms with van der Waals surface area (Å²) >= 11 is 5.88. The zero-order valence-electron chi connectivity index (χ0n) is 19.1. The molecule has 0 bridgehead atoms. The van der Waals surface area contributed by atoms with Gasteiger partial charge in [0.25, 0.3) is 5.91 Å². The summed E-state index contributed by atoms with van der Waals surface area (Å²) in [7, 11) is 0. The van der Waals surface area contributed by atoms with Gasteiger partial charge >= 0.3 is 0 Å². The first-order valence-corrected chi connectivity index (χ1v) is 12.0. The molecule has 2 saturated heterocycles. The second kappa shape index (κ2) is 12.0. The third-order valence-electron chi connectivity index (χ3n) is 6.16. The summed E-state index contributed by atoms with van der Waals surface area (Å²) in [5.74, 6) is 0.277. The lowest BCUT2D eigenvalue weighted by molar-refractivity contribution is -0.0591. The SMILES string of the molecule is O=C(c1ccc(F)cc1)N1CCN(CC2CN(CC(O)COc3ccc(Cl)cc3)CCO2)CC1. The molecule has 2 heterocycles. The largest absolute Gasteiger partial charge is 0.491 e. The number of carbonyl (C=O) groups excluding carboxylic acids is 1. The average molecular weight is 492 g/mol. The van der Waals surface area contributed by atoms with Crippen molar-refractivity contribution >= 4 is 17.5 Å². The third kappa shape index (κ3) is 7.13. The smallest absolute Gasteiger partial charge is 0.253 e. The molecule has 2 unspecified atom stereocenters. The number of ether oxygens (including phenoxy) is 2. The van der Waals surface area contributed by atoms with E-state index in [-0.39, 0.29) is 24.4 Å². The summed E-state index contributed by atoms with van der Waals surface area (Å²) in [4.78, 5) is 19.0. The molecule has 2 aliphatic rings. The summed E-state index contributed by atoms with van der Waals surface area (Å²) in [6, 6.07) is 12.8. The lowest BCUT2D eigenvalue weighted by Gasteiger charge is -2.39. The maximum absolute atomic E-state index is 13.1. The van der Waals surface area contributed by atoms with E-state index in [1.165, 1.54) is 24.3 Å². The zero-order chi connectivity index (χ0) is 23.9. The number of rotatable bonds is 8. The molecule has 2 aromatic rings. The summed E-state index contributed by atoms with van der Waals surface area (Å²) in [5.41, 5.74) is 0.514. The van der Waals surface area contributed by atoms with E-state index in [9.17, 15) is 14.3 Å². The van der Waals surface area contributed by atoms with E-state index in [0.29, 0.717) is 42.6 Å². The van der Waals surface area contributed by atoms with Crippen molar-refractivity contribution < 1.29 is 23.8 Å². The minimum atomic E-state index is -0.601. The Morgan fingerprint density at radius 3 is 2.47 bits per heavy atom. The van der Waals surface area contributed by atoms with Crippen molar-refractivity contribution in [3.8, 4) is 5.75 Å². The van der Waals surface area contributed by atoms with Gasteiger partial charge in [-0.15, -0.1) is 0 Å². The summed E-state index contributed by atoms with van der Waals surface area (Å²) in [6.07, 6.45) is -0.548. The second-order valence-electron chi connectivity index (χ2n) is 8.77. The van der Waals surface area contributed by atoms with Crippen LogP contribution in [0.3, 0.4) is 0 Å². The van der Waals surface area contributed by atoms with Gasteiger partial charge in [0.2, 0.25) is 0 Å². The maximum atomic E-state index is 13.1. The maximum Gasteiger partial charge on any atom is 0.253 e. The Labute approximate surface area is 204 Å². The van der Waals surface area contributed by atoms with Gasteiger partial charge in [-0.2, -0.15) is 0 Å². The first-order valence-electron chi connectivity index (χ1n) is 11.6. The molecule has 2 fully saturated rings. The molecule has 0 spiro atoms. The highest BCUT2D eigenvalue weighted by atomic mass is 35.5. The average Bonchev–Trinajstić information content (AvgIpc) is 2.84. The highest BCUT2D eigenvalue weighted by molar-refractivity contribution is 6.30. The number of morpholine rings is 1. The Morgan fingerprint density at radius 1 is 1.06 bits per heavy atom. The van der Waals surface area contributed by atoms with Crippen LogP contribution >= 0.6 is 11.6 Å². The minimum absolute atomic E-state index is 0.0532. The van der Waals surface area contributed by atoms with Crippen LogP contribution in [0.1, 0.15) is 10.4 Å². The molecule has 0 saturated carbocycles. The van der Waals surface area contributed by atoms with Crippen LogP contribution in [0.15, 0.2) is 48.5 Å². The van der Waals surface area contributed by atoms with Crippen molar-refractivity contribution in [3.05, 3.63) is 64.9 Å². The van der Waals surface area contributed by atoms with Crippen molar-refractivity contribution in [3.63, 3.8) is 0 Å².